The van der Waals surface area contributed by atoms with Crippen LogP contribution in [0.25, 0.3) is 0 Å². The summed E-state index contributed by atoms with van der Waals surface area (Å²) in [6.45, 7) is 4.77. The molecule has 0 saturated carbocycles. The van der Waals surface area contributed by atoms with E-state index in [2.05, 4.69) is 36.5 Å². The molecule has 0 aliphatic heterocycles. The average Bonchev–Trinajstić information content (AvgIpc) is 2.66. The predicted octanol–water partition coefficient (Wildman–Crippen LogP) is 3.11. The van der Waals surface area contributed by atoms with Crippen molar-refractivity contribution in [2.24, 2.45) is 5.92 Å². The summed E-state index contributed by atoms with van der Waals surface area (Å²) < 4.78 is 23.6. The first-order valence-corrected chi connectivity index (χ1v) is 9.91. The van der Waals surface area contributed by atoms with Gasteiger partial charge >= 0.3 is 0 Å². The summed E-state index contributed by atoms with van der Waals surface area (Å²) in [5.41, 5.74) is 2.79. The molecule has 1 aliphatic carbocycles. The minimum Gasteiger partial charge on any atom is -0.310 e. The van der Waals surface area contributed by atoms with Crippen molar-refractivity contribution in [2.45, 2.75) is 45.6 Å². The lowest BCUT2D eigenvalue weighted by Crippen LogP contribution is -2.29. The first-order chi connectivity index (χ1) is 10.1. The van der Waals surface area contributed by atoms with Crippen molar-refractivity contribution in [3.8, 4) is 0 Å². The standard InChI is InChI=1S/C17H27NO2S/c1-3-18-17-15(12-13-21(19,20)4-2)10-7-9-14-8-5-6-11-16(14)17/h5-6,8,11,15,17-18H,3-4,7,9-10,12-13H2,1-2H3. The van der Waals surface area contributed by atoms with Crippen LogP contribution in [-0.4, -0.2) is 26.5 Å². The Morgan fingerprint density at radius 2 is 2.00 bits per heavy atom. The zero-order chi connectivity index (χ0) is 15.3. The first kappa shape index (κ1) is 16.5. The lowest BCUT2D eigenvalue weighted by Gasteiger charge is -2.27. The first-order valence-electron chi connectivity index (χ1n) is 8.09. The smallest absolute Gasteiger partial charge is 0.150 e. The molecular weight excluding hydrogens is 282 g/mol. The van der Waals surface area contributed by atoms with Gasteiger partial charge in [0.25, 0.3) is 0 Å². The van der Waals surface area contributed by atoms with Gasteiger partial charge in [-0.3, -0.25) is 0 Å². The average molecular weight is 309 g/mol. The SMILES string of the molecule is CCNC1c2ccccc2CCCC1CCS(=O)(=O)CC. The molecule has 4 heteroatoms. The van der Waals surface area contributed by atoms with Gasteiger partial charge in [0, 0.05) is 11.8 Å². The highest BCUT2D eigenvalue weighted by molar-refractivity contribution is 7.91. The molecule has 2 atom stereocenters. The van der Waals surface area contributed by atoms with E-state index in [0.29, 0.717) is 17.7 Å². The Labute approximate surface area is 129 Å². The van der Waals surface area contributed by atoms with E-state index in [1.807, 2.05) is 0 Å². The normalized spacial score (nSPS) is 22.6. The maximum absolute atomic E-state index is 11.8. The Kier molecular flexibility index (Phi) is 5.82. The van der Waals surface area contributed by atoms with Crippen LogP contribution >= 0.6 is 0 Å². The van der Waals surface area contributed by atoms with Crippen molar-refractivity contribution in [3.05, 3.63) is 35.4 Å². The fourth-order valence-electron chi connectivity index (χ4n) is 3.32. The Morgan fingerprint density at radius 3 is 2.71 bits per heavy atom. The lowest BCUT2D eigenvalue weighted by molar-refractivity contribution is 0.339. The highest BCUT2D eigenvalue weighted by Gasteiger charge is 2.27. The minimum absolute atomic E-state index is 0.252. The monoisotopic (exact) mass is 309 g/mol. The van der Waals surface area contributed by atoms with Crippen molar-refractivity contribution < 1.29 is 8.42 Å². The molecule has 118 valence electrons. The molecule has 0 fully saturated rings. The topological polar surface area (TPSA) is 46.2 Å². The maximum Gasteiger partial charge on any atom is 0.150 e. The molecule has 2 unspecified atom stereocenters. The summed E-state index contributed by atoms with van der Waals surface area (Å²) >= 11 is 0. The molecule has 0 aromatic heterocycles. The molecule has 3 nitrogen and oxygen atoms in total. The Balaban J connectivity index is 2.20. The van der Waals surface area contributed by atoms with Gasteiger partial charge in [-0.2, -0.15) is 0 Å². The van der Waals surface area contributed by atoms with Crippen molar-refractivity contribution >= 4 is 9.84 Å². The number of aryl methyl sites for hydroxylation is 1. The zero-order valence-electron chi connectivity index (χ0n) is 13.1. The van der Waals surface area contributed by atoms with E-state index in [4.69, 9.17) is 0 Å². The van der Waals surface area contributed by atoms with Crippen LogP contribution in [0, 0.1) is 5.92 Å². The quantitative estimate of drug-likeness (QED) is 0.821. The molecule has 1 aliphatic rings. The third-order valence-corrected chi connectivity index (χ3v) is 6.28. The number of rotatable bonds is 6. The summed E-state index contributed by atoms with van der Waals surface area (Å²) in [6.07, 6.45) is 4.12. The zero-order valence-corrected chi connectivity index (χ0v) is 14.0. The van der Waals surface area contributed by atoms with E-state index < -0.39 is 9.84 Å². The van der Waals surface area contributed by atoms with Crippen molar-refractivity contribution in [1.82, 2.24) is 5.32 Å². The highest BCUT2D eigenvalue weighted by Crippen LogP contribution is 2.35. The molecule has 21 heavy (non-hydrogen) atoms. The number of benzene rings is 1. The number of hydrogen-bond acceptors (Lipinski definition) is 3. The molecule has 2 rings (SSSR count). The van der Waals surface area contributed by atoms with Crippen LogP contribution in [0.5, 0.6) is 0 Å². The summed E-state index contributed by atoms with van der Waals surface area (Å²) in [4.78, 5) is 0. The lowest BCUT2D eigenvalue weighted by atomic mass is 9.88. The summed E-state index contributed by atoms with van der Waals surface area (Å²) in [6, 6.07) is 8.90. The van der Waals surface area contributed by atoms with Gasteiger partial charge in [-0.15, -0.1) is 0 Å². The van der Waals surface area contributed by atoms with Gasteiger partial charge in [-0.25, -0.2) is 8.42 Å². The second-order valence-corrected chi connectivity index (χ2v) is 8.38. The largest absolute Gasteiger partial charge is 0.310 e. The van der Waals surface area contributed by atoms with Crippen LogP contribution in [0.4, 0.5) is 0 Å². The number of sulfone groups is 1. The third kappa shape index (κ3) is 4.30. The fraction of sp³-hybridized carbons (Fsp3) is 0.647. The van der Waals surface area contributed by atoms with Gasteiger partial charge in [-0.05, 0) is 49.3 Å². The van der Waals surface area contributed by atoms with E-state index in [-0.39, 0.29) is 5.75 Å². The number of nitrogens with one attached hydrogen (secondary N) is 1. The molecule has 1 aromatic rings. The molecule has 0 bridgehead atoms. The van der Waals surface area contributed by atoms with Crippen molar-refractivity contribution in [3.63, 3.8) is 0 Å². The van der Waals surface area contributed by atoms with E-state index in [9.17, 15) is 8.42 Å². The van der Waals surface area contributed by atoms with E-state index >= 15 is 0 Å². The summed E-state index contributed by atoms with van der Waals surface area (Å²) in [5.74, 6) is 0.982. The summed E-state index contributed by atoms with van der Waals surface area (Å²) in [7, 11) is -2.87. The second kappa shape index (κ2) is 7.41. The van der Waals surface area contributed by atoms with Crippen LogP contribution in [-0.2, 0) is 16.3 Å². The van der Waals surface area contributed by atoms with Gasteiger partial charge < -0.3 is 5.32 Å². The van der Waals surface area contributed by atoms with Gasteiger partial charge in [0.1, 0.15) is 9.84 Å². The fourth-order valence-corrected chi connectivity index (χ4v) is 4.27. The van der Waals surface area contributed by atoms with Crippen LogP contribution < -0.4 is 5.32 Å². The van der Waals surface area contributed by atoms with Crippen LogP contribution in [0.3, 0.4) is 0 Å². The highest BCUT2D eigenvalue weighted by atomic mass is 32.2. The van der Waals surface area contributed by atoms with Gasteiger partial charge in [0.15, 0.2) is 0 Å². The molecule has 0 radical (unpaired) electrons. The van der Waals surface area contributed by atoms with E-state index in [1.165, 1.54) is 11.1 Å². The third-order valence-electron chi connectivity index (χ3n) is 4.55. The molecule has 0 amide bonds. The van der Waals surface area contributed by atoms with E-state index in [0.717, 1.165) is 32.2 Å². The molecule has 1 aromatic carbocycles. The Bertz CT molecular complexity index is 554. The van der Waals surface area contributed by atoms with Gasteiger partial charge in [-0.1, -0.05) is 38.1 Å². The van der Waals surface area contributed by atoms with Gasteiger partial charge in [0.2, 0.25) is 0 Å². The number of fused-ring (bicyclic) bond motifs is 1. The molecule has 0 saturated heterocycles. The van der Waals surface area contributed by atoms with Crippen molar-refractivity contribution in [2.75, 3.05) is 18.1 Å². The molecular formula is C17H27NO2S. The molecule has 0 heterocycles. The van der Waals surface area contributed by atoms with Crippen molar-refractivity contribution in [1.29, 1.82) is 0 Å². The van der Waals surface area contributed by atoms with Crippen LogP contribution in [0.15, 0.2) is 24.3 Å². The number of hydrogen-bond donors (Lipinski definition) is 1. The molecule has 0 spiro atoms. The minimum atomic E-state index is -2.87. The van der Waals surface area contributed by atoms with Crippen LogP contribution in [0.2, 0.25) is 0 Å². The maximum atomic E-state index is 11.8. The Morgan fingerprint density at radius 1 is 1.24 bits per heavy atom. The van der Waals surface area contributed by atoms with Crippen LogP contribution in [0.1, 0.15) is 50.3 Å². The summed E-state index contributed by atoms with van der Waals surface area (Å²) in [5, 5.41) is 3.59. The second-order valence-electron chi connectivity index (χ2n) is 5.91. The molecule has 1 N–H and O–H groups in total. The Hall–Kier alpha value is -0.870. The van der Waals surface area contributed by atoms with E-state index in [1.54, 1.807) is 6.92 Å². The van der Waals surface area contributed by atoms with Gasteiger partial charge in [0.05, 0.1) is 5.75 Å². The predicted molar refractivity (Wildman–Crippen MR) is 88.2 cm³/mol.